The summed E-state index contributed by atoms with van der Waals surface area (Å²) >= 11 is 1.20. The lowest BCUT2D eigenvalue weighted by molar-refractivity contribution is -0.132. The maximum Gasteiger partial charge on any atom is 0.301 e. The number of rotatable bonds is 8. The van der Waals surface area contributed by atoms with E-state index in [1.807, 2.05) is 20.8 Å². The van der Waals surface area contributed by atoms with Crippen molar-refractivity contribution >= 4 is 33.9 Å². The molecule has 38 heavy (non-hydrogen) atoms. The summed E-state index contributed by atoms with van der Waals surface area (Å²) in [6.45, 7) is 8.54. The molecule has 2 unspecified atom stereocenters. The molecule has 1 fully saturated rings. The number of aromatic nitrogens is 2. The van der Waals surface area contributed by atoms with Gasteiger partial charge in [-0.15, -0.1) is 10.2 Å². The standard InChI is InChI=1S/C28H29N3O6S/c1-5-11-36-21-10-7-17(14-22(21)35-6-2)24-23(26(33)27(34)31(24)28-30-29-16(4)38-28)25(32)18-8-9-20-19(13-18)12-15(3)37-20/h7-10,13-15,24,32H,5-6,11-12H2,1-4H3/b25-23-. The quantitative estimate of drug-likeness (QED) is 0.244. The number of hydrogen-bond donors (Lipinski definition) is 1. The molecule has 198 valence electrons. The average molecular weight is 536 g/mol. The van der Waals surface area contributed by atoms with Crippen LogP contribution in [0.1, 0.15) is 54.9 Å². The summed E-state index contributed by atoms with van der Waals surface area (Å²) in [5.41, 5.74) is 1.91. The monoisotopic (exact) mass is 535 g/mol. The summed E-state index contributed by atoms with van der Waals surface area (Å²) in [4.78, 5) is 28.2. The number of aliphatic hydroxyl groups is 1. The number of aliphatic hydroxyl groups excluding tert-OH is 1. The Morgan fingerprint density at radius 3 is 2.66 bits per heavy atom. The molecule has 0 radical (unpaired) electrons. The number of anilines is 1. The van der Waals surface area contributed by atoms with Crippen LogP contribution in [0.25, 0.3) is 5.76 Å². The van der Waals surface area contributed by atoms with Crippen LogP contribution >= 0.6 is 11.3 Å². The molecule has 9 nitrogen and oxygen atoms in total. The second-order valence-corrected chi connectivity index (χ2v) is 10.4. The third kappa shape index (κ3) is 4.60. The lowest BCUT2D eigenvalue weighted by atomic mass is 9.94. The molecule has 0 spiro atoms. The summed E-state index contributed by atoms with van der Waals surface area (Å²) in [6.07, 6.45) is 1.54. The fraction of sp³-hybridized carbons (Fsp3) is 0.357. The molecular weight excluding hydrogens is 506 g/mol. The van der Waals surface area contributed by atoms with Gasteiger partial charge in [0.1, 0.15) is 22.6 Å². The molecule has 0 bridgehead atoms. The van der Waals surface area contributed by atoms with Gasteiger partial charge in [-0.05, 0) is 68.7 Å². The summed E-state index contributed by atoms with van der Waals surface area (Å²) in [7, 11) is 0. The van der Waals surface area contributed by atoms with Crippen LogP contribution in [0.5, 0.6) is 17.2 Å². The molecule has 1 amide bonds. The normalized spacial score (nSPS) is 19.9. The number of carbonyl (C=O) groups is 2. The second-order valence-electron chi connectivity index (χ2n) is 9.22. The Hall–Kier alpha value is -3.92. The number of Topliss-reactive ketones (excluding diaryl/α,β-unsaturated/α-hetero) is 1. The Bertz CT molecular complexity index is 1430. The van der Waals surface area contributed by atoms with Crippen molar-refractivity contribution in [2.24, 2.45) is 0 Å². The number of benzene rings is 2. The highest BCUT2D eigenvalue weighted by Gasteiger charge is 2.48. The predicted molar refractivity (Wildman–Crippen MR) is 143 cm³/mol. The molecule has 5 rings (SSSR count). The molecule has 3 heterocycles. The van der Waals surface area contributed by atoms with Crippen molar-refractivity contribution in [1.82, 2.24) is 10.2 Å². The maximum absolute atomic E-state index is 13.5. The van der Waals surface area contributed by atoms with Crippen LogP contribution in [0, 0.1) is 6.92 Å². The van der Waals surface area contributed by atoms with Gasteiger partial charge in [-0.1, -0.05) is 24.3 Å². The van der Waals surface area contributed by atoms with Crippen LogP contribution in [0.2, 0.25) is 0 Å². The third-order valence-corrected chi connectivity index (χ3v) is 7.22. The number of hydrogen-bond acceptors (Lipinski definition) is 9. The molecule has 1 saturated heterocycles. The van der Waals surface area contributed by atoms with Crippen LogP contribution in [0.3, 0.4) is 0 Å². The van der Waals surface area contributed by atoms with E-state index >= 15 is 0 Å². The van der Waals surface area contributed by atoms with Crippen LogP contribution in [0.4, 0.5) is 5.13 Å². The van der Waals surface area contributed by atoms with E-state index < -0.39 is 17.7 Å². The smallest absolute Gasteiger partial charge is 0.301 e. The summed E-state index contributed by atoms with van der Waals surface area (Å²) in [6, 6.07) is 9.62. The predicted octanol–water partition coefficient (Wildman–Crippen LogP) is 4.98. The van der Waals surface area contributed by atoms with Crippen molar-refractivity contribution in [3.8, 4) is 17.2 Å². The molecule has 2 aromatic carbocycles. The van der Waals surface area contributed by atoms with Gasteiger partial charge >= 0.3 is 5.91 Å². The largest absolute Gasteiger partial charge is 0.507 e. The van der Waals surface area contributed by atoms with Gasteiger partial charge in [0.15, 0.2) is 11.5 Å². The SMILES string of the molecule is CCCOc1ccc(C2/C(=C(/O)c3ccc4c(c3)CC(C)O4)C(=O)C(=O)N2c2nnc(C)s2)cc1OCC. The first kappa shape index (κ1) is 25.7. The number of carbonyl (C=O) groups excluding carboxylic acids is 2. The fourth-order valence-electron chi connectivity index (χ4n) is 4.75. The van der Waals surface area contributed by atoms with Gasteiger partial charge in [0.2, 0.25) is 5.13 Å². The molecule has 1 aromatic heterocycles. The number of amides is 1. The van der Waals surface area contributed by atoms with E-state index in [2.05, 4.69) is 10.2 Å². The Balaban J connectivity index is 1.67. The van der Waals surface area contributed by atoms with Crippen molar-refractivity contribution in [1.29, 1.82) is 0 Å². The summed E-state index contributed by atoms with van der Waals surface area (Å²) < 4.78 is 17.5. The molecular formula is C28H29N3O6S. The van der Waals surface area contributed by atoms with E-state index in [1.165, 1.54) is 16.2 Å². The van der Waals surface area contributed by atoms with E-state index in [0.29, 0.717) is 47.3 Å². The molecule has 10 heteroatoms. The average Bonchev–Trinajstić information content (AvgIpc) is 3.57. The molecule has 2 atom stereocenters. The minimum Gasteiger partial charge on any atom is -0.507 e. The van der Waals surface area contributed by atoms with Crippen LogP contribution in [-0.4, -0.2) is 46.3 Å². The first-order chi connectivity index (χ1) is 18.3. The highest BCUT2D eigenvalue weighted by Crippen LogP contribution is 2.45. The lowest BCUT2D eigenvalue weighted by Gasteiger charge is -2.23. The summed E-state index contributed by atoms with van der Waals surface area (Å²) in [5.74, 6) is -0.0389. The summed E-state index contributed by atoms with van der Waals surface area (Å²) in [5, 5.41) is 20.6. The Morgan fingerprint density at radius 1 is 1.13 bits per heavy atom. The van der Waals surface area contributed by atoms with Crippen molar-refractivity contribution in [3.05, 3.63) is 63.7 Å². The van der Waals surface area contributed by atoms with E-state index in [-0.39, 0.29) is 22.6 Å². The fourth-order valence-corrected chi connectivity index (χ4v) is 5.46. The maximum atomic E-state index is 13.5. The van der Waals surface area contributed by atoms with Crippen LogP contribution in [-0.2, 0) is 16.0 Å². The minimum atomic E-state index is -0.940. The van der Waals surface area contributed by atoms with Gasteiger partial charge in [0, 0.05) is 12.0 Å². The number of ketones is 1. The van der Waals surface area contributed by atoms with Crippen LogP contribution < -0.4 is 19.1 Å². The van der Waals surface area contributed by atoms with Gasteiger partial charge < -0.3 is 19.3 Å². The van der Waals surface area contributed by atoms with E-state index in [1.54, 1.807) is 43.3 Å². The number of fused-ring (bicyclic) bond motifs is 1. The number of ether oxygens (including phenoxy) is 3. The molecule has 3 aromatic rings. The van der Waals surface area contributed by atoms with Gasteiger partial charge in [-0.3, -0.25) is 14.5 Å². The zero-order chi connectivity index (χ0) is 27.0. The van der Waals surface area contributed by atoms with Gasteiger partial charge in [-0.2, -0.15) is 0 Å². The van der Waals surface area contributed by atoms with Gasteiger partial charge in [0.05, 0.1) is 24.8 Å². The first-order valence-electron chi connectivity index (χ1n) is 12.6. The zero-order valence-corrected chi connectivity index (χ0v) is 22.5. The van der Waals surface area contributed by atoms with Crippen molar-refractivity contribution in [3.63, 3.8) is 0 Å². The Kier molecular flexibility index (Phi) is 7.07. The second kappa shape index (κ2) is 10.4. The first-order valence-corrected chi connectivity index (χ1v) is 13.4. The molecule has 0 saturated carbocycles. The molecule has 2 aliphatic rings. The third-order valence-electron chi connectivity index (χ3n) is 6.38. The number of aryl methyl sites for hydroxylation is 1. The van der Waals surface area contributed by atoms with E-state index in [0.717, 1.165) is 17.7 Å². The number of nitrogens with zero attached hydrogens (tertiary/aromatic N) is 3. The van der Waals surface area contributed by atoms with Gasteiger partial charge in [0.25, 0.3) is 5.78 Å². The Labute approximate surface area is 224 Å². The van der Waals surface area contributed by atoms with E-state index in [9.17, 15) is 14.7 Å². The highest BCUT2D eigenvalue weighted by molar-refractivity contribution is 7.15. The van der Waals surface area contributed by atoms with Gasteiger partial charge in [-0.25, -0.2) is 0 Å². The highest BCUT2D eigenvalue weighted by atomic mass is 32.1. The van der Waals surface area contributed by atoms with E-state index in [4.69, 9.17) is 14.2 Å². The lowest BCUT2D eigenvalue weighted by Crippen LogP contribution is -2.29. The molecule has 0 aliphatic carbocycles. The molecule has 2 aliphatic heterocycles. The topological polar surface area (TPSA) is 111 Å². The van der Waals surface area contributed by atoms with Crippen LogP contribution in [0.15, 0.2) is 42.0 Å². The van der Waals surface area contributed by atoms with Crippen molar-refractivity contribution in [2.75, 3.05) is 18.1 Å². The van der Waals surface area contributed by atoms with Crippen molar-refractivity contribution < 1.29 is 28.9 Å². The Morgan fingerprint density at radius 2 is 1.95 bits per heavy atom. The van der Waals surface area contributed by atoms with Crippen molar-refractivity contribution in [2.45, 2.75) is 52.7 Å². The zero-order valence-electron chi connectivity index (χ0n) is 21.7. The minimum absolute atomic E-state index is 0.0269. The molecule has 1 N–H and O–H groups in total.